The zero-order chi connectivity index (χ0) is 17.3. The summed E-state index contributed by atoms with van der Waals surface area (Å²) in [5.41, 5.74) is 0.791. The molecule has 1 atom stereocenters. The van der Waals surface area contributed by atoms with Crippen molar-refractivity contribution < 1.29 is 9.21 Å². The highest BCUT2D eigenvalue weighted by molar-refractivity contribution is 5.92. The Bertz CT molecular complexity index is 708. The van der Waals surface area contributed by atoms with Crippen molar-refractivity contribution in [2.45, 2.75) is 38.3 Å². The van der Waals surface area contributed by atoms with E-state index in [0.717, 1.165) is 38.2 Å². The van der Waals surface area contributed by atoms with E-state index in [4.69, 9.17) is 4.42 Å². The molecule has 0 bridgehead atoms. The number of nitrogens with zero attached hydrogens (tertiary/aromatic N) is 4. The largest absolute Gasteiger partial charge is 0.468 e. The molecule has 0 radical (unpaired) electrons. The lowest BCUT2D eigenvalue weighted by Gasteiger charge is -2.56. The van der Waals surface area contributed by atoms with Crippen molar-refractivity contribution in [1.82, 2.24) is 19.8 Å². The average molecular weight is 340 g/mol. The zero-order valence-electron chi connectivity index (χ0n) is 14.6. The molecule has 4 rings (SSSR count). The number of amides is 1. The summed E-state index contributed by atoms with van der Waals surface area (Å²) in [6, 6.07) is 4.55. The molecule has 2 aromatic rings. The molecule has 1 aliphatic carbocycles. The van der Waals surface area contributed by atoms with Crippen LogP contribution < -0.4 is 0 Å². The molecule has 0 aromatic carbocycles. The van der Waals surface area contributed by atoms with E-state index in [-0.39, 0.29) is 5.91 Å². The Morgan fingerprint density at radius 1 is 1.36 bits per heavy atom. The van der Waals surface area contributed by atoms with Gasteiger partial charge in [-0.15, -0.1) is 0 Å². The maximum atomic E-state index is 12.5. The monoisotopic (exact) mass is 340 g/mol. The van der Waals surface area contributed by atoms with Crippen LogP contribution in [0.3, 0.4) is 0 Å². The van der Waals surface area contributed by atoms with Crippen molar-refractivity contribution in [3.05, 3.63) is 48.4 Å². The molecule has 2 aromatic heterocycles. The maximum absolute atomic E-state index is 12.5. The van der Waals surface area contributed by atoms with Crippen molar-refractivity contribution in [2.24, 2.45) is 5.41 Å². The quantitative estimate of drug-likeness (QED) is 0.856. The lowest BCUT2D eigenvalue weighted by atomic mass is 9.58. The molecular formula is C19H24N4O2. The van der Waals surface area contributed by atoms with Crippen LogP contribution in [0.4, 0.5) is 0 Å². The smallest absolute Gasteiger partial charge is 0.274 e. The van der Waals surface area contributed by atoms with Crippen LogP contribution in [0.2, 0.25) is 0 Å². The molecule has 1 amide bonds. The highest BCUT2D eigenvalue weighted by Gasteiger charge is 2.50. The number of aromatic nitrogens is 2. The van der Waals surface area contributed by atoms with Crippen LogP contribution >= 0.6 is 0 Å². The minimum Gasteiger partial charge on any atom is -0.468 e. The highest BCUT2D eigenvalue weighted by Crippen LogP contribution is 2.51. The van der Waals surface area contributed by atoms with E-state index in [2.05, 4.69) is 21.9 Å². The lowest BCUT2D eigenvalue weighted by Crippen LogP contribution is -2.58. The first kappa shape index (κ1) is 16.3. The Morgan fingerprint density at radius 3 is 2.80 bits per heavy atom. The van der Waals surface area contributed by atoms with E-state index in [9.17, 15) is 4.79 Å². The fraction of sp³-hybridized carbons (Fsp3) is 0.526. The Kier molecular flexibility index (Phi) is 4.29. The first-order valence-electron chi connectivity index (χ1n) is 8.96. The summed E-state index contributed by atoms with van der Waals surface area (Å²) in [5.74, 6) is 1.02. The molecular weight excluding hydrogens is 316 g/mol. The lowest BCUT2D eigenvalue weighted by molar-refractivity contribution is -0.0590. The SMILES string of the molecule is CN(Cc1ccco1)C1CCC12CCN(C(=O)c1cnccn1)CC2. The van der Waals surface area contributed by atoms with Gasteiger partial charge in [0, 0.05) is 31.5 Å². The van der Waals surface area contributed by atoms with Gasteiger partial charge in [0.2, 0.25) is 0 Å². The Balaban J connectivity index is 1.37. The van der Waals surface area contributed by atoms with E-state index in [1.54, 1.807) is 24.9 Å². The molecule has 1 unspecified atom stereocenters. The Labute approximate surface area is 147 Å². The summed E-state index contributed by atoms with van der Waals surface area (Å²) >= 11 is 0. The molecule has 6 heteroatoms. The van der Waals surface area contributed by atoms with Gasteiger partial charge < -0.3 is 9.32 Å². The van der Waals surface area contributed by atoms with Crippen molar-refractivity contribution in [1.29, 1.82) is 0 Å². The molecule has 3 heterocycles. The van der Waals surface area contributed by atoms with Crippen molar-refractivity contribution >= 4 is 5.91 Å². The van der Waals surface area contributed by atoms with Gasteiger partial charge in [0.05, 0.1) is 19.0 Å². The molecule has 6 nitrogen and oxygen atoms in total. The number of hydrogen-bond donors (Lipinski definition) is 0. The van der Waals surface area contributed by atoms with Crippen LogP contribution in [-0.2, 0) is 6.54 Å². The van der Waals surface area contributed by atoms with Crippen LogP contribution in [0, 0.1) is 5.41 Å². The number of carbonyl (C=O) groups is 1. The molecule has 1 saturated carbocycles. The van der Waals surface area contributed by atoms with E-state index in [1.165, 1.54) is 12.8 Å². The van der Waals surface area contributed by atoms with Crippen molar-refractivity contribution in [3.63, 3.8) is 0 Å². The van der Waals surface area contributed by atoms with Gasteiger partial charge in [0.25, 0.3) is 5.91 Å². The van der Waals surface area contributed by atoms with Crippen LogP contribution in [0.5, 0.6) is 0 Å². The molecule has 2 aliphatic rings. The Morgan fingerprint density at radius 2 is 2.20 bits per heavy atom. The second-order valence-corrected chi connectivity index (χ2v) is 7.29. The van der Waals surface area contributed by atoms with Gasteiger partial charge in [-0.2, -0.15) is 0 Å². The van der Waals surface area contributed by atoms with Gasteiger partial charge in [0.1, 0.15) is 11.5 Å². The molecule has 1 aliphatic heterocycles. The Hall–Kier alpha value is -2.21. The normalized spacial score (nSPS) is 22.2. The fourth-order valence-electron chi connectivity index (χ4n) is 4.44. The molecule has 1 spiro atoms. The van der Waals surface area contributed by atoms with Gasteiger partial charge in [-0.3, -0.25) is 14.7 Å². The van der Waals surface area contributed by atoms with Crippen molar-refractivity contribution in [2.75, 3.05) is 20.1 Å². The van der Waals surface area contributed by atoms with Crippen LogP contribution in [0.1, 0.15) is 41.9 Å². The second kappa shape index (κ2) is 6.59. The van der Waals surface area contributed by atoms with Crippen molar-refractivity contribution in [3.8, 4) is 0 Å². The predicted octanol–water partition coefficient (Wildman–Crippen LogP) is 2.59. The van der Waals surface area contributed by atoms with E-state index >= 15 is 0 Å². The minimum atomic E-state index is 0.00256. The summed E-state index contributed by atoms with van der Waals surface area (Å²) < 4.78 is 5.49. The third-order valence-electron chi connectivity index (χ3n) is 5.97. The maximum Gasteiger partial charge on any atom is 0.274 e. The summed E-state index contributed by atoms with van der Waals surface area (Å²) in [6.07, 6.45) is 11.1. The third kappa shape index (κ3) is 3.06. The fourth-order valence-corrected chi connectivity index (χ4v) is 4.44. The zero-order valence-corrected chi connectivity index (χ0v) is 14.6. The second-order valence-electron chi connectivity index (χ2n) is 7.29. The summed E-state index contributed by atoms with van der Waals surface area (Å²) in [4.78, 5) is 25.0. The van der Waals surface area contributed by atoms with Gasteiger partial charge in [0.15, 0.2) is 0 Å². The van der Waals surface area contributed by atoms with E-state index in [1.807, 2.05) is 17.0 Å². The van der Waals surface area contributed by atoms with Crippen LogP contribution in [0.25, 0.3) is 0 Å². The number of likely N-dealkylation sites (tertiary alicyclic amines) is 1. The predicted molar refractivity (Wildman–Crippen MR) is 92.8 cm³/mol. The molecule has 1 saturated heterocycles. The number of rotatable bonds is 4. The van der Waals surface area contributed by atoms with E-state index in [0.29, 0.717) is 17.2 Å². The molecule has 2 fully saturated rings. The average Bonchev–Trinajstić information content (AvgIpc) is 3.14. The van der Waals surface area contributed by atoms with Gasteiger partial charge >= 0.3 is 0 Å². The molecule has 25 heavy (non-hydrogen) atoms. The van der Waals surface area contributed by atoms with Gasteiger partial charge in [-0.25, -0.2) is 4.98 Å². The van der Waals surface area contributed by atoms with Crippen LogP contribution in [0.15, 0.2) is 41.4 Å². The van der Waals surface area contributed by atoms with Crippen LogP contribution in [-0.4, -0.2) is 51.9 Å². The highest BCUT2D eigenvalue weighted by atomic mass is 16.3. The molecule has 132 valence electrons. The third-order valence-corrected chi connectivity index (χ3v) is 5.97. The van der Waals surface area contributed by atoms with Gasteiger partial charge in [-0.1, -0.05) is 0 Å². The van der Waals surface area contributed by atoms with Gasteiger partial charge in [-0.05, 0) is 50.3 Å². The number of piperidine rings is 1. The first-order chi connectivity index (χ1) is 12.2. The summed E-state index contributed by atoms with van der Waals surface area (Å²) in [7, 11) is 2.19. The number of hydrogen-bond acceptors (Lipinski definition) is 5. The molecule has 0 N–H and O–H groups in total. The topological polar surface area (TPSA) is 62.5 Å². The number of furan rings is 1. The standard InChI is InChI=1S/C19H24N4O2/c1-22(14-15-3-2-12-25-15)17-4-5-19(17)6-10-23(11-7-19)18(24)16-13-20-8-9-21-16/h2-3,8-9,12-13,17H,4-7,10-11,14H2,1H3. The first-order valence-corrected chi connectivity index (χ1v) is 8.96. The van der Waals surface area contributed by atoms with E-state index < -0.39 is 0 Å². The number of carbonyl (C=O) groups excluding carboxylic acids is 1. The summed E-state index contributed by atoms with van der Waals surface area (Å²) in [6.45, 7) is 2.46. The minimum absolute atomic E-state index is 0.00256. The summed E-state index contributed by atoms with van der Waals surface area (Å²) in [5, 5.41) is 0.